The molecule has 0 atom stereocenters. The highest BCUT2D eigenvalue weighted by Crippen LogP contribution is 2.26. The zero-order valence-electron chi connectivity index (χ0n) is 10.4. The molecule has 4 heteroatoms. The lowest BCUT2D eigenvalue weighted by Crippen LogP contribution is -2.02. The van der Waals surface area contributed by atoms with Gasteiger partial charge in [0.05, 0.1) is 12.7 Å². The summed E-state index contributed by atoms with van der Waals surface area (Å²) in [6, 6.07) is 13.7. The fourth-order valence-electron chi connectivity index (χ4n) is 1.66. The van der Waals surface area contributed by atoms with Crippen LogP contribution < -0.4 is 0 Å². The van der Waals surface area contributed by atoms with Crippen LogP contribution in [0, 0.1) is 5.82 Å². The normalized spacial score (nSPS) is 10.2. The van der Waals surface area contributed by atoms with Crippen LogP contribution in [0.1, 0.15) is 15.9 Å². The van der Waals surface area contributed by atoms with Gasteiger partial charge in [-0.05, 0) is 29.8 Å². The highest BCUT2D eigenvalue weighted by Gasteiger charge is 2.11. The number of methoxy groups -OCH3 is 1. The van der Waals surface area contributed by atoms with Crippen LogP contribution in [0.4, 0.5) is 4.39 Å². The van der Waals surface area contributed by atoms with Crippen LogP contribution in [0.3, 0.4) is 0 Å². The predicted octanol–water partition coefficient (Wildman–Crippen LogP) is 3.90. The molecule has 0 saturated carbocycles. The molecule has 0 bridgehead atoms. The first-order valence-corrected chi connectivity index (χ1v) is 6.74. The number of halogens is 1. The Labute approximate surface area is 115 Å². The van der Waals surface area contributed by atoms with Crippen LogP contribution in [-0.4, -0.2) is 13.1 Å². The lowest BCUT2D eigenvalue weighted by Gasteiger charge is -2.07. The highest BCUT2D eigenvalue weighted by atomic mass is 32.2. The monoisotopic (exact) mass is 276 g/mol. The number of carbonyl (C=O) groups excluding carboxylic acids is 1. The standard InChI is InChI=1S/C15H13FO2S/c1-18-15(17)13-7-2-3-8-14(13)19-10-11-5-4-6-12(16)9-11/h2-9H,10H2,1H3. The fourth-order valence-corrected chi connectivity index (χ4v) is 2.64. The molecule has 2 nitrogen and oxygen atoms in total. The van der Waals surface area contributed by atoms with Crippen molar-refractivity contribution in [3.63, 3.8) is 0 Å². The van der Waals surface area contributed by atoms with E-state index in [-0.39, 0.29) is 11.8 Å². The van der Waals surface area contributed by atoms with E-state index in [9.17, 15) is 9.18 Å². The number of carbonyl (C=O) groups is 1. The van der Waals surface area contributed by atoms with Crippen LogP contribution >= 0.6 is 11.8 Å². The minimum absolute atomic E-state index is 0.251. The Bertz CT molecular complexity index is 584. The summed E-state index contributed by atoms with van der Waals surface area (Å²) >= 11 is 1.49. The molecule has 2 aromatic rings. The first kappa shape index (κ1) is 13.6. The summed E-state index contributed by atoms with van der Waals surface area (Å²) in [5.41, 5.74) is 1.41. The van der Waals surface area contributed by atoms with Gasteiger partial charge >= 0.3 is 5.97 Å². The van der Waals surface area contributed by atoms with Gasteiger partial charge in [-0.25, -0.2) is 9.18 Å². The van der Waals surface area contributed by atoms with Crippen molar-refractivity contribution in [3.8, 4) is 0 Å². The number of thioether (sulfide) groups is 1. The van der Waals surface area contributed by atoms with Crippen molar-refractivity contribution in [2.24, 2.45) is 0 Å². The second-order valence-electron chi connectivity index (χ2n) is 3.91. The van der Waals surface area contributed by atoms with Crippen molar-refractivity contribution < 1.29 is 13.9 Å². The van der Waals surface area contributed by atoms with Gasteiger partial charge in [0.2, 0.25) is 0 Å². The average Bonchev–Trinajstić information content (AvgIpc) is 2.45. The lowest BCUT2D eigenvalue weighted by molar-refractivity contribution is 0.0597. The molecule has 0 unspecified atom stereocenters. The van der Waals surface area contributed by atoms with Crippen molar-refractivity contribution in [2.45, 2.75) is 10.6 Å². The molecule has 2 rings (SSSR count). The summed E-state index contributed by atoms with van der Waals surface area (Å²) in [6.45, 7) is 0. The Kier molecular flexibility index (Phi) is 4.58. The van der Waals surface area contributed by atoms with E-state index < -0.39 is 0 Å². The molecule has 0 saturated heterocycles. The van der Waals surface area contributed by atoms with Crippen LogP contribution in [0.5, 0.6) is 0 Å². The van der Waals surface area contributed by atoms with Crippen molar-refractivity contribution in [1.82, 2.24) is 0 Å². The van der Waals surface area contributed by atoms with Crippen LogP contribution in [0.25, 0.3) is 0 Å². The smallest absolute Gasteiger partial charge is 0.338 e. The number of esters is 1. The van der Waals surface area contributed by atoms with Gasteiger partial charge in [0.25, 0.3) is 0 Å². The van der Waals surface area contributed by atoms with Gasteiger partial charge in [-0.2, -0.15) is 0 Å². The molecule has 0 aromatic heterocycles. The molecular formula is C15H13FO2S. The summed E-state index contributed by atoms with van der Waals surface area (Å²) < 4.78 is 17.8. The zero-order chi connectivity index (χ0) is 13.7. The molecular weight excluding hydrogens is 263 g/mol. The predicted molar refractivity (Wildman–Crippen MR) is 73.7 cm³/mol. The molecule has 98 valence electrons. The number of ether oxygens (including phenoxy) is 1. The van der Waals surface area contributed by atoms with E-state index in [1.807, 2.05) is 18.2 Å². The molecule has 0 fully saturated rings. The van der Waals surface area contributed by atoms with Gasteiger partial charge in [-0.3, -0.25) is 0 Å². The maximum absolute atomic E-state index is 13.1. The van der Waals surface area contributed by atoms with Crippen LogP contribution in [0.2, 0.25) is 0 Å². The van der Waals surface area contributed by atoms with Crippen molar-refractivity contribution in [2.75, 3.05) is 7.11 Å². The third-order valence-corrected chi connectivity index (χ3v) is 3.72. The van der Waals surface area contributed by atoms with Crippen molar-refractivity contribution >= 4 is 17.7 Å². The van der Waals surface area contributed by atoms with Crippen molar-refractivity contribution in [1.29, 1.82) is 0 Å². The van der Waals surface area contributed by atoms with E-state index in [0.29, 0.717) is 11.3 Å². The third-order valence-electron chi connectivity index (χ3n) is 2.58. The summed E-state index contributed by atoms with van der Waals surface area (Å²) in [4.78, 5) is 12.4. The van der Waals surface area contributed by atoms with Crippen molar-refractivity contribution in [3.05, 3.63) is 65.5 Å². The third kappa shape index (κ3) is 3.58. The second kappa shape index (κ2) is 6.38. The minimum Gasteiger partial charge on any atom is -0.465 e. The van der Waals surface area contributed by atoms with Gasteiger partial charge < -0.3 is 4.74 Å². The first-order valence-electron chi connectivity index (χ1n) is 5.75. The number of hydrogen-bond donors (Lipinski definition) is 0. The Hall–Kier alpha value is -1.81. The summed E-state index contributed by atoms with van der Waals surface area (Å²) in [7, 11) is 1.36. The molecule has 2 aromatic carbocycles. The van der Waals surface area contributed by atoms with Gasteiger partial charge in [-0.15, -0.1) is 11.8 Å². The van der Waals surface area contributed by atoms with Gasteiger partial charge in [0, 0.05) is 10.6 Å². The highest BCUT2D eigenvalue weighted by molar-refractivity contribution is 7.98. The van der Waals surface area contributed by atoms with E-state index in [4.69, 9.17) is 4.74 Å². The quantitative estimate of drug-likeness (QED) is 0.625. The molecule has 0 aliphatic rings. The van der Waals surface area contributed by atoms with Crippen LogP contribution in [-0.2, 0) is 10.5 Å². The molecule has 0 amide bonds. The maximum Gasteiger partial charge on any atom is 0.338 e. The fraction of sp³-hybridized carbons (Fsp3) is 0.133. The molecule has 0 heterocycles. The lowest BCUT2D eigenvalue weighted by atomic mass is 10.2. The van der Waals surface area contributed by atoms with Crippen LogP contribution in [0.15, 0.2) is 53.4 Å². The Balaban J connectivity index is 2.13. The number of rotatable bonds is 4. The SMILES string of the molecule is COC(=O)c1ccccc1SCc1cccc(F)c1. The van der Waals surface area contributed by atoms with E-state index in [1.165, 1.54) is 31.0 Å². The Morgan fingerprint density at radius 3 is 2.74 bits per heavy atom. The zero-order valence-corrected chi connectivity index (χ0v) is 11.2. The van der Waals surface area contributed by atoms with E-state index in [2.05, 4.69) is 0 Å². The summed E-state index contributed by atoms with van der Waals surface area (Å²) in [6.07, 6.45) is 0. The summed E-state index contributed by atoms with van der Waals surface area (Å²) in [5, 5.41) is 0. The Morgan fingerprint density at radius 1 is 1.21 bits per heavy atom. The summed E-state index contributed by atoms with van der Waals surface area (Å²) in [5.74, 6) is -0.00660. The maximum atomic E-state index is 13.1. The largest absolute Gasteiger partial charge is 0.465 e. The first-order chi connectivity index (χ1) is 9.20. The van der Waals surface area contributed by atoms with E-state index in [0.717, 1.165) is 10.5 Å². The van der Waals surface area contributed by atoms with Gasteiger partial charge in [0.15, 0.2) is 0 Å². The molecule has 0 N–H and O–H groups in total. The second-order valence-corrected chi connectivity index (χ2v) is 4.92. The van der Waals surface area contributed by atoms with E-state index in [1.54, 1.807) is 18.2 Å². The minimum atomic E-state index is -0.359. The topological polar surface area (TPSA) is 26.3 Å². The Morgan fingerprint density at radius 2 is 2.00 bits per heavy atom. The number of hydrogen-bond acceptors (Lipinski definition) is 3. The van der Waals surface area contributed by atoms with E-state index >= 15 is 0 Å². The average molecular weight is 276 g/mol. The number of benzene rings is 2. The molecule has 0 aliphatic carbocycles. The molecule has 0 spiro atoms. The molecule has 19 heavy (non-hydrogen) atoms. The van der Waals surface area contributed by atoms with Gasteiger partial charge in [0.1, 0.15) is 5.82 Å². The van der Waals surface area contributed by atoms with Gasteiger partial charge in [-0.1, -0.05) is 24.3 Å². The molecule has 0 radical (unpaired) electrons. The molecule has 0 aliphatic heterocycles.